The van der Waals surface area contributed by atoms with E-state index in [9.17, 15) is 0 Å². The van der Waals surface area contributed by atoms with Gasteiger partial charge in [0.2, 0.25) is 0 Å². The average Bonchev–Trinajstić information content (AvgIpc) is 3.08. The van der Waals surface area contributed by atoms with Gasteiger partial charge in [0.15, 0.2) is 0 Å². The van der Waals surface area contributed by atoms with Gasteiger partial charge < -0.3 is 14.8 Å². The molecule has 3 heteroatoms. The number of nitrogens with one attached hydrogen (secondary N) is 1. The van der Waals surface area contributed by atoms with Crippen molar-refractivity contribution < 1.29 is 9.47 Å². The number of rotatable bonds is 7. The maximum absolute atomic E-state index is 5.86. The van der Waals surface area contributed by atoms with Crippen LogP contribution >= 0.6 is 0 Å². The fourth-order valence-electron chi connectivity index (χ4n) is 2.67. The van der Waals surface area contributed by atoms with E-state index in [1.807, 2.05) is 30.3 Å². The lowest BCUT2D eigenvalue weighted by molar-refractivity contribution is 0.110. The molecule has 0 unspecified atom stereocenters. The average molecular weight is 297 g/mol. The van der Waals surface area contributed by atoms with Crippen LogP contribution in [0.4, 0.5) is 0 Å². The Hall–Kier alpha value is -1.84. The minimum atomic E-state index is 0.387. The summed E-state index contributed by atoms with van der Waals surface area (Å²) in [6, 6.07) is 18.5. The summed E-state index contributed by atoms with van der Waals surface area (Å²) in [6.45, 7) is 3.29. The molecule has 2 aromatic rings. The minimum absolute atomic E-state index is 0.387. The zero-order valence-corrected chi connectivity index (χ0v) is 12.8. The highest BCUT2D eigenvalue weighted by atomic mass is 16.5. The van der Waals surface area contributed by atoms with Gasteiger partial charge in [-0.2, -0.15) is 0 Å². The molecule has 1 saturated heterocycles. The molecule has 1 fully saturated rings. The Morgan fingerprint density at radius 2 is 1.91 bits per heavy atom. The van der Waals surface area contributed by atoms with Crippen molar-refractivity contribution in [2.45, 2.75) is 32.1 Å². The van der Waals surface area contributed by atoms with E-state index in [2.05, 4.69) is 29.6 Å². The van der Waals surface area contributed by atoms with Crippen molar-refractivity contribution in [3.8, 4) is 5.75 Å². The molecule has 1 N–H and O–H groups in total. The van der Waals surface area contributed by atoms with Crippen LogP contribution in [0.5, 0.6) is 5.75 Å². The molecule has 1 aliphatic rings. The molecular formula is C19H23NO2. The Morgan fingerprint density at radius 3 is 2.73 bits per heavy atom. The monoisotopic (exact) mass is 297 g/mol. The molecule has 0 aliphatic carbocycles. The van der Waals surface area contributed by atoms with Crippen molar-refractivity contribution in [2.75, 3.05) is 13.2 Å². The summed E-state index contributed by atoms with van der Waals surface area (Å²) in [5, 5.41) is 3.46. The van der Waals surface area contributed by atoms with Crippen LogP contribution in [0.3, 0.4) is 0 Å². The molecule has 0 bridgehead atoms. The van der Waals surface area contributed by atoms with Gasteiger partial charge >= 0.3 is 0 Å². The number of hydrogen-bond donors (Lipinski definition) is 1. The van der Waals surface area contributed by atoms with Gasteiger partial charge in [0.25, 0.3) is 0 Å². The first-order chi connectivity index (χ1) is 10.9. The Bertz CT molecular complexity index is 565. The van der Waals surface area contributed by atoms with Crippen molar-refractivity contribution in [1.29, 1.82) is 0 Å². The van der Waals surface area contributed by atoms with E-state index in [4.69, 9.17) is 9.47 Å². The van der Waals surface area contributed by atoms with Crippen molar-refractivity contribution in [1.82, 2.24) is 5.32 Å². The molecule has 0 aromatic heterocycles. The van der Waals surface area contributed by atoms with E-state index < -0.39 is 0 Å². The lowest BCUT2D eigenvalue weighted by atomic mass is 10.2. The van der Waals surface area contributed by atoms with Gasteiger partial charge in [-0.25, -0.2) is 0 Å². The second-order valence-electron chi connectivity index (χ2n) is 5.69. The lowest BCUT2D eigenvalue weighted by Crippen LogP contribution is -2.25. The van der Waals surface area contributed by atoms with Crippen LogP contribution in [0.2, 0.25) is 0 Å². The predicted octanol–water partition coefficient (Wildman–Crippen LogP) is 3.53. The predicted molar refractivity (Wildman–Crippen MR) is 87.9 cm³/mol. The number of benzene rings is 2. The summed E-state index contributed by atoms with van der Waals surface area (Å²) in [6.07, 6.45) is 2.75. The van der Waals surface area contributed by atoms with Crippen molar-refractivity contribution in [3.05, 3.63) is 65.7 Å². The van der Waals surface area contributed by atoms with Crippen LogP contribution in [0.25, 0.3) is 0 Å². The molecule has 1 heterocycles. The van der Waals surface area contributed by atoms with Crippen molar-refractivity contribution >= 4 is 0 Å². The van der Waals surface area contributed by atoms with E-state index in [-0.39, 0.29) is 0 Å². The first-order valence-electron chi connectivity index (χ1n) is 7.98. The third-order valence-corrected chi connectivity index (χ3v) is 3.87. The Kier molecular flexibility index (Phi) is 5.46. The molecule has 116 valence electrons. The van der Waals surface area contributed by atoms with Gasteiger partial charge in [-0.15, -0.1) is 0 Å². The maximum Gasteiger partial charge on any atom is 0.120 e. The Balaban J connectivity index is 1.47. The van der Waals surface area contributed by atoms with E-state index in [1.165, 1.54) is 24.0 Å². The second kappa shape index (κ2) is 7.97. The van der Waals surface area contributed by atoms with Crippen LogP contribution in [0, 0.1) is 0 Å². The Morgan fingerprint density at radius 1 is 1.05 bits per heavy atom. The molecule has 1 atom stereocenters. The van der Waals surface area contributed by atoms with Gasteiger partial charge in [0, 0.05) is 19.7 Å². The van der Waals surface area contributed by atoms with Gasteiger partial charge in [0.1, 0.15) is 12.4 Å². The van der Waals surface area contributed by atoms with Crippen LogP contribution in [0.1, 0.15) is 24.0 Å². The molecule has 2 aromatic carbocycles. The number of hydrogen-bond acceptors (Lipinski definition) is 3. The van der Waals surface area contributed by atoms with Gasteiger partial charge in [0.05, 0.1) is 6.10 Å². The summed E-state index contributed by atoms with van der Waals surface area (Å²) in [5.74, 6) is 0.917. The maximum atomic E-state index is 5.86. The highest BCUT2D eigenvalue weighted by Gasteiger charge is 2.14. The largest absolute Gasteiger partial charge is 0.489 e. The Labute approximate surface area is 132 Å². The SMILES string of the molecule is c1ccc(COc2cccc(CNC[C@H]3CCCO3)c2)cc1. The summed E-state index contributed by atoms with van der Waals surface area (Å²) < 4.78 is 11.5. The molecular weight excluding hydrogens is 274 g/mol. The molecule has 0 radical (unpaired) electrons. The van der Waals surface area contributed by atoms with Gasteiger partial charge in [-0.3, -0.25) is 0 Å². The fourth-order valence-corrected chi connectivity index (χ4v) is 2.67. The number of ether oxygens (including phenoxy) is 2. The third-order valence-electron chi connectivity index (χ3n) is 3.87. The van der Waals surface area contributed by atoms with Gasteiger partial charge in [-0.1, -0.05) is 42.5 Å². The quantitative estimate of drug-likeness (QED) is 0.848. The fraction of sp³-hybridized carbons (Fsp3) is 0.368. The topological polar surface area (TPSA) is 30.5 Å². The lowest BCUT2D eigenvalue weighted by Gasteiger charge is -2.12. The van der Waals surface area contributed by atoms with E-state index in [1.54, 1.807) is 0 Å². The zero-order valence-electron chi connectivity index (χ0n) is 12.8. The third kappa shape index (κ3) is 4.58. The smallest absolute Gasteiger partial charge is 0.120 e. The summed E-state index contributed by atoms with van der Waals surface area (Å²) in [5.41, 5.74) is 2.42. The highest BCUT2D eigenvalue weighted by molar-refractivity contribution is 5.29. The second-order valence-corrected chi connectivity index (χ2v) is 5.69. The van der Waals surface area contributed by atoms with Crippen LogP contribution in [0.15, 0.2) is 54.6 Å². The summed E-state index contributed by atoms with van der Waals surface area (Å²) >= 11 is 0. The first kappa shape index (κ1) is 15.1. The van der Waals surface area contributed by atoms with Crippen LogP contribution < -0.4 is 10.1 Å². The van der Waals surface area contributed by atoms with Gasteiger partial charge in [-0.05, 0) is 36.1 Å². The summed E-state index contributed by atoms with van der Waals surface area (Å²) in [7, 11) is 0. The molecule has 0 saturated carbocycles. The van der Waals surface area contributed by atoms with E-state index in [0.29, 0.717) is 12.7 Å². The van der Waals surface area contributed by atoms with Crippen LogP contribution in [-0.2, 0) is 17.9 Å². The van der Waals surface area contributed by atoms with Crippen LogP contribution in [-0.4, -0.2) is 19.3 Å². The highest BCUT2D eigenvalue weighted by Crippen LogP contribution is 2.16. The molecule has 1 aliphatic heterocycles. The summed E-state index contributed by atoms with van der Waals surface area (Å²) in [4.78, 5) is 0. The minimum Gasteiger partial charge on any atom is -0.489 e. The standard InChI is InChI=1S/C19H23NO2/c1-2-6-16(7-3-1)15-22-18-9-4-8-17(12-18)13-20-14-19-10-5-11-21-19/h1-4,6-9,12,19-20H,5,10-11,13-15H2/t19-/m1/s1. The van der Waals surface area contributed by atoms with E-state index in [0.717, 1.165) is 25.4 Å². The zero-order chi connectivity index (χ0) is 15.0. The molecule has 22 heavy (non-hydrogen) atoms. The molecule has 3 nitrogen and oxygen atoms in total. The molecule has 0 amide bonds. The molecule has 3 rings (SSSR count). The van der Waals surface area contributed by atoms with Crippen molar-refractivity contribution in [2.24, 2.45) is 0 Å². The molecule has 0 spiro atoms. The first-order valence-corrected chi connectivity index (χ1v) is 7.98. The van der Waals surface area contributed by atoms with E-state index >= 15 is 0 Å². The van der Waals surface area contributed by atoms with Crippen molar-refractivity contribution in [3.63, 3.8) is 0 Å². The normalized spacial score (nSPS) is 17.5.